The zero-order valence-electron chi connectivity index (χ0n) is 21.3. The Bertz CT molecular complexity index is 1380. The van der Waals surface area contributed by atoms with Crippen molar-refractivity contribution in [2.24, 2.45) is 5.92 Å². The summed E-state index contributed by atoms with van der Waals surface area (Å²) in [6.07, 6.45) is 2.59. The predicted octanol–water partition coefficient (Wildman–Crippen LogP) is 5.17. The van der Waals surface area contributed by atoms with E-state index < -0.39 is 22.4 Å². The Hall–Kier alpha value is -3.30. The maximum atomic E-state index is 13.9. The van der Waals surface area contributed by atoms with Gasteiger partial charge >= 0.3 is 0 Å². The molecule has 0 bridgehead atoms. The lowest BCUT2D eigenvalue weighted by Crippen LogP contribution is -2.46. The molecular weight excluding hydrogens is 531 g/mol. The molecule has 0 saturated carbocycles. The van der Waals surface area contributed by atoms with E-state index in [-0.39, 0.29) is 27.3 Å². The van der Waals surface area contributed by atoms with E-state index in [9.17, 15) is 17.6 Å². The van der Waals surface area contributed by atoms with Crippen LogP contribution in [-0.2, 0) is 21.2 Å². The second-order valence-corrected chi connectivity index (χ2v) is 11.4. The molecule has 1 amide bonds. The van der Waals surface area contributed by atoms with Crippen molar-refractivity contribution in [3.63, 3.8) is 0 Å². The maximum absolute atomic E-state index is 13.9. The Kier molecular flexibility index (Phi) is 8.79. The normalized spacial score (nSPS) is 14.3. The molecule has 0 aliphatic carbocycles. The van der Waals surface area contributed by atoms with Crippen LogP contribution >= 0.6 is 11.6 Å². The molecule has 0 unspecified atom stereocenters. The molecular formula is C28H30ClFN2O5S. The zero-order valence-corrected chi connectivity index (χ0v) is 22.8. The van der Waals surface area contributed by atoms with Crippen LogP contribution in [0.2, 0.25) is 5.02 Å². The standard InChI is InChI=1S/C28H30ClFN2O5S/c1-36-26-11-9-23(18-27(26)37-2)38(34,35)32(22-8-10-25(30)24(29)17-22)19-28(33)31-14-12-21(13-15-31)16-20-6-4-3-5-7-20/h3-11,17-18,21H,12-16,19H2,1-2H3. The lowest BCUT2D eigenvalue weighted by molar-refractivity contribution is -0.130. The van der Waals surface area contributed by atoms with E-state index in [4.69, 9.17) is 21.1 Å². The number of piperidine rings is 1. The van der Waals surface area contributed by atoms with E-state index in [0.29, 0.717) is 24.8 Å². The minimum Gasteiger partial charge on any atom is -0.493 e. The fraction of sp³-hybridized carbons (Fsp3) is 0.321. The van der Waals surface area contributed by atoms with E-state index in [1.807, 2.05) is 18.2 Å². The van der Waals surface area contributed by atoms with Gasteiger partial charge in [-0.1, -0.05) is 41.9 Å². The highest BCUT2D eigenvalue weighted by molar-refractivity contribution is 7.92. The molecule has 0 atom stereocenters. The molecule has 3 aromatic carbocycles. The molecule has 0 radical (unpaired) electrons. The van der Waals surface area contributed by atoms with E-state index in [1.165, 1.54) is 50.1 Å². The molecule has 4 rings (SSSR count). The number of ether oxygens (including phenoxy) is 2. The minimum absolute atomic E-state index is 0.0819. The topological polar surface area (TPSA) is 76.2 Å². The van der Waals surface area contributed by atoms with E-state index >= 15 is 0 Å². The van der Waals surface area contributed by atoms with Gasteiger partial charge in [-0.3, -0.25) is 9.10 Å². The SMILES string of the molecule is COc1ccc(S(=O)(=O)N(CC(=O)N2CCC(Cc3ccccc3)CC2)c2ccc(F)c(Cl)c2)cc1OC. The van der Waals surface area contributed by atoms with Crippen molar-refractivity contribution in [3.8, 4) is 11.5 Å². The number of anilines is 1. The van der Waals surface area contributed by atoms with Crippen LogP contribution in [0.1, 0.15) is 18.4 Å². The van der Waals surface area contributed by atoms with Crippen molar-refractivity contribution in [2.45, 2.75) is 24.2 Å². The summed E-state index contributed by atoms with van der Waals surface area (Å²) in [6, 6.07) is 18.0. The summed E-state index contributed by atoms with van der Waals surface area (Å²) in [5.41, 5.74) is 1.34. The first-order valence-corrected chi connectivity index (χ1v) is 14.1. The second kappa shape index (κ2) is 12.0. The molecule has 0 N–H and O–H groups in total. The smallest absolute Gasteiger partial charge is 0.264 e. The summed E-state index contributed by atoms with van der Waals surface area (Å²) in [7, 11) is -1.41. The van der Waals surface area contributed by atoms with Gasteiger partial charge in [0.05, 0.1) is 29.8 Å². The van der Waals surface area contributed by atoms with Crippen LogP contribution in [0.3, 0.4) is 0 Å². The van der Waals surface area contributed by atoms with Gasteiger partial charge in [-0.25, -0.2) is 12.8 Å². The number of rotatable bonds is 9. The Morgan fingerprint density at radius 1 is 1.00 bits per heavy atom. The molecule has 7 nitrogen and oxygen atoms in total. The third kappa shape index (κ3) is 6.22. The molecule has 1 aliphatic heterocycles. The number of hydrogen-bond donors (Lipinski definition) is 0. The Labute approximate surface area is 227 Å². The minimum atomic E-state index is -4.26. The van der Waals surface area contributed by atoms with Crippen LogP contribution in [-0.4, -0.2) is 53.1 Å². The van der Waals surface area contributed by atoms with Gasteiger partial charge in [-0.15, -0.1) is 0 Å². The van der Waals surface area contributed by atoms with Crippen molar-refractivity contribution >= 4 is 33.2 Å². The van der Waals surface area contributed by atoms with E-state index in [1.54, 1.807) is 4.90 Å². The maximum Gasteiger partial charge on any atom is 0.264 e. The van der Waals surface area contributed by atoms with Crippen molar-refractivity contribution in [3.05, 3.63) is 83.1 Å². The Balaban J connectivity index is 1.56. The first kappa shape index (κ1) is 27.7. The van der Waals surface area contributed by atoms with Crippen LogP contribution in [0.5, 0.6) is 11.5 Å². The molecule has 0 aromatic heterocycles. The molecule has 1 aliphatic rings. The number of benzene rings is 3. The van der Waals surface area contributed by atoms with E-state index in [2.05, 4.69) is 12.1 Å². The van der Waals surface area contributed by atoms with Crippen molar-refractivity contribution in [1.29, 1.82) is 0 Å². The van der Waals surface area contributed by atoms with Gasteiger partial charge in [0.15, 0.2) is 11.5 Å². The average Bonchev–Trinajstić information content (AvgIpc) is 2.93. The quantitative estimate of drug-likeness (QED) is 0.361. The van der Waals surface area contributed by atoms with Crippen molar-refractivity contribution < 1.29 is 27.1 Å². The number of sulfonamides is 1. The second-order valence-electron chi connectivity index (χ2n) is 9.14. The molecule has 1 fully saturated rings. The summed E-state index contributed by atoms with van der Waals surface area (Å²) in [5, 5.41) is -0.246. The number of halogens is 2. The van der Waals surface area contributed by atoms with Crippen LogP contribution in [0.25, 0.3) is 0 Å². The van der Waals surface area contributed by atoms with Gasteiger partial charge in [0.25, 0.3) is 10.0 Å². The predicted molar refractivity (Wildman–Crippen MR) is 145 cm³/mol. The average molecular weight is 561 g/mol. The lowest BCUT2D eigenvalue weighted by Gasteiger charge is -2.34. The van der Waals surface area contributed by atoms with Crippen LogP contribution < -0.4 is 13.8 Å². The summed E-state index contributed by atoms with van der Waals surface area (Å²) < 4.78 is 52.9. The number of likely N-dealkylation sites (tertiary alicyclic amines) is 1. The van der Waals surface area contributed by atoms with Crippen molar-refractivity contribution in [1.82, 2.24) is 4.90 Å². The fourth-order valence-electron chi connectivity index (χ4n) is 4.62. The van der Waals surface area contributed by atoms with Gasteiger partial charge in [0.1, 0.15) is 12.4 Å². The first-order chi connectivity index (χ1) is 18.2. The summed E-state index contributed by atoms with van der Waals surface area (Å²) in [6.45, 7) is 0.609. The zero-order chi connectivity index (χ0) is 27.3. The summed E-state index contributed by atoms with van der Waals surface area (Å²) >= 11 is 5.98. The third-order valence-corrected chi connectivity index (χ3v) is 8.81. The van der Waals surface area contributed by atoms with Crippen molar-refractivity contribution in [2.75, 3.05) is 38.2 Å². The first-order valence-electron chi connectivity index (χ1n) is 12.2. The number of carbonyl (C=O) groups is 1. The Morgan fingerprint density at radius 2 is 1.68 bits per heavy atom. The van der Waals surface area contributed by atoms with Crippen LogP contribution in [0.15, 0.2) is 71.6 Å². The Morgan fingerprint density at radius 3 is 2.32 bits per heavy atom. The molecule has 3 aromatic rings. The molecule has 38 heavy (non-hydrogen) atoms. The number of amides is 1. The van der Waals surface area contributed by atoms with E-state index in [0.717, 1.165) is 29.6 Å². The highest BCUT2D eigenvalue weighted by atomic mass is 35.5. The molecule has 1 saturated heterocycles. The summed E-state index contributed by atoms with van der Waals surface area (Å²) in [4.78, 5) is 14.9. The van der Waals surface area contributed by atoms with Crippen LogP contribution in [0.4, 0.5) is 10.1 Å². The van der Waals surface area contributed by atoms with Gasteiger partial charge in [-0.2, -0.15) is 0 Å². The highest BCUT2D eigenvalue weighted by Crippen LogP contribution is 2.33. The monoisotopic (exact) mass is 560 g/mol. The third-order valence-electron chi connectivity index (χ3n) is 6.75. The summed E-state index contributed by atoms with van der Waals surface area (Å²) in [5.74, 6) is -0.00272. The largest absolute Gasteiger partial charge is 0.493 e. The van der Waals surface area contributed by atoms with Gasteiger partial charge in [-0.05, 0) is 61.1 Å². The lowest BCUT2D eigenvalue weighted by atomic mass is 9.90. The molecule has 0 spiro atoms. The molecule has 1 heterocycles. The van der Waals surface area contributed by atoms with Gasteiger partial charge in [0, 0.05) is 19.2 Å². The number of carbonyl (C=O) groups excluding carboxylic acids is 1. The number of methoxy groups -OCH3 is 2. The van der Waals surface area contributed by atoms with Gasteiger partial charge in [0.2, 0.25) is 5.91 Å². The fourth-order valence-corrected chi connectivity index (χ4v) is 6.21. The molecule has 202 valence electrons. The number of nitrogens with zero attached hydrogens (tertiary/aromatic N) is 2. The number of hydrogen-bond acceptors (Lipinski definition) is 5. The van der Waals surface area contributed by atoms with Gasteiger partial charge < -0.3 is 14.4 Å². The highest BCUT2D eigenvalue weighted by Gasteiger charge is 2.31. The van der Waals surface area contributed by atoms with Crippen LogP contribution in [0, 0.1) is 11.7 Å². The molecule has 10 heteroatoms.